The van der Waals surface area contributed by atoms with Crippen molar-refractivity contribution < 1.29 is 23.9 Å². The maximum atomic E-state index is 16.5. The molecule has 2 saturated heterocycles. The summed E-state index contributed by atoms with van der Waals surface area (Å²) in [7, 11) is 1.61. The van der Waals surface area contributed by atoms with E-state index in [2.05, 4.69) is 14.8 Å². The molecule has 1 amide bonds. The summed E-state index contributed by atoms with van der Waals surface area (Å²) in [6.07, 6.45) is 10.3. The monoisotopic (exact) mass is 570 g/mol. The third kappa shape index (κ3) is 7.37. The number of piperidine rings is 1. The van der Waals surface area contributed by atoms with Gasteiger partial charge in [0.25, 0.3) is 0 Å². The van der Waals surface area contributed by atoms with Crippen LogP contribution in [0.5, 0.6) is 5.75 Å². The number of pyridine rings is 1. The quantitative estimate of drug-likeness (QED) is 0.275. The zero-order valence-corrected chi connectivity index (χ0v) is 24.6. The first-order chi connectivity index (χ1) is 20.0. The lowest BCUT2D eigenvalue weighted by Crippen LogP contribution is -2.48. The van der Waals surface area contributed by atoms with Crippen molar-refractivity contribution in [3.63, 3.8) is 0 Å². The van der Waals surface area contributed by atoms with E-state index in [0.29, 0.717) is 50.3 Å². The van der Waals surface area contributed by atoms with Crippen LogP contribution in [0.2, 0.25) is 0 Å². The molecule has 41 heavy (non-hydrogen) atoms. The zero-order chi connectivity index (χ0) is 28.7. The summed E-state index contributed by atoms with van der Waals surface area (Å²) >= 11 is 0. The lowest BCUT2D eigenvalue weighted by Gasteiger charge is -2.41. The molecule has 3 heterocycles. The van der Waals surface area contributed by atoms with Crippen LogP contribution in [0.25, 0.3) is 10.9 Å². The van der Waals surface area contributed by atoms with Crippen LogP contribution < -0.4 is 10.2 Å². The van der Waals surface area contributed by atoms with E-state index >= 15 is 4.39 Å². The SMILES string of the molecule is COc1ccc2ncc(CN3CCOCC3)c([C@H](F)CCC3(C(=O)NO)CCN(CCC4CCCCC4)CC3)c2c1. The Morgan fingerprint density at radius 2 is 1.93 bits per heavy atom. The van der Waals surface area contributed by atoms with Crippen LogP contribution in [0.1, 0.15) is 81.5 Å². The second-order valence-electron chi connectivity index (χ2n) is 12.3. The molecular weight excluding hydrogens is 523 g/mol. The summed E-state index contributed by atoms with van der Waals surface area (Å²) in [5.41, 5.74) is 3.36. The summed E-state index contributed by atoms with van der Waals surface area (Å²) in [4.78, 5) is 22.4. The maximum Gasteiger partial charge on any atom is 0.249 e. The number of hydroxylamine groups is 1. The Hall–Kier alpha value is -2.33. The van der Waals surface area contributed by atoms with Crippen molar-refractivity contribution in [1.82, 2.24) is 20.3 Å². The van der Waals surface area contributed by atoms with Crippen LogP contribution in [0.4, 0.5) is 4.39 Å². The fourth-order valence-corrected chi connectivity index (χ4v) is 7.16. The molecule has 1 aliphatic carbocycles. The smallest absolute Gasteiger partial charge is 0.249 e. The highest BCUT2D eigenvalue weighted by molar-refractivity contribution is 5.85. The number of hydrogen-bond acceptors (Lipinski definition) is 7. The number of benzene rings is 1. The van der Waals surface area contributed by atoms with Gasteiger partial charge in [0.15, 0.2) is 0 Å². The number of carbonyl (C=O) groups excluding carboxylic acids is 1. The number of likely N-dealkylation sites (tertiary alicyclic amines) is 1. The molecule has 3 aliphatic rings. The van der Waals surface area contributed by atoms with E-state index in [1.165, 1.54) is 38.5 Å². The van der Waals surface area contributed by atoms with Gasteiger partial charge in [-0.25, -0.2) is 9.87 Å². The van der Waals surface area contributed by atoms with E-state index in [4.69, 9.17) is 9.47 Å². The number of ether oxygens (including phenoxy) is 2. The van der Waals surface area contributed by atoms with Gasteiger partial charge >= 0.3 is 0 Å². The number of amides is 1. The summed E-state index contributed by atoms with van der Waals surface area (Å²) in [5.74, 6) is 1.10. The van der Waals surface area contributed by atoms with Crippen LogP contribution in [-0.2, 0) is 16.1 Å². The molecule has 8 nitrogen and oxygen atoms in total. The Morgan fingerprint density at radius 3 is 2.63 bits per heavy atom. The molecule has 0 unspecified atom stereocenters. The Labute approximate surface area is 243 Å². The number of fused-ring (bicyclic) bond motifs is 1. The Kier molecular flexibility index (Phi) is 10.5. The molecule has 0 bridgehead atoms. The molecule has 0 spiro atoms. The molecule has 1 aromatic heterocycles. The van der Waals surface area contributed by atoms with E-state index in [0.717, 1.165) is 55.1 Å². The standard InChI is InChI=1S/C32H47FN4O4/c1-40-26-7-8-29-27(21-26)30(25(22-34-29)23-37-17-19-41-20-18-37)28(33)9-11-32(31(38)35-39)12-15-36(16-13-32)14-10-24-5-3-2-4-6-24/h7-8,21-22,24,28,39H,2-6,9-20,23H2,1H3,(H,35,38)/t28-/m1/s1. The predicted octanol–water partition coefficient (Wildman–Crippen LogP) is 5.42. The van der Waals surface area contributed by atoms with Gasteiger partial charge in [0.05, 0.1) is 31.3 Å². The number of nitrogens with zero attached hydrogens (tertiary/aromatic N) is 3. The predicted molar refractivity (Wildman–Crippen MR) is 157 cm³/mol. The molecule has 2 aliphatic heterocycles. The molecule has 1 aromatic carbocycles. The summed E-state index contributed by atoms with van der Waals surface area (Å²) < 4.78 is 27.5. The van der Waals surface area contributed by atoms with Crippen molar-refractivity contribution in [1.29, 1.82) is 0 Å². The Morgan fingerprint density at radius 1 is 1.17 bits per heavy atom. The summed E-state index contributed by atoms with van der Waals surface area (Å²) in [6, 6.07) is 5.58. The number of aromatic nitrogens is 1. The number of nitrogens with one attached hydrogen (secondary N) is 1. The highest BCUT2D eigenvalue weighted by atomic mass is 19.1. The maximum absolute atomic E-state index is 16.5. The van der Waals surface area contributed by atoms with Gasteiger partial charge in [0, 0.05) is 36.8 Å². The number of halogens is 1. The molecule has 226 valence electrons. The molecule has 1 saturated carbocycles. The molecular formula is C32H47FN4O4. The largest absolute Gasteiger partial charge is 0.497 e. The van der Waals surface area contributed by atoms with Crippen LogP contribution >= 0.6 is 0 Å². The highest BCUT2D eigenvalue weighted by Crippen LogP contribution is 2.42. The average Bonchev–Trinajstić information content (AvgIpc) is 3.03. The number of rotatable bonds is 11. The van der Waals surface area contributed by atoms with Crippen molar-refractivity contribution in [2.45, 2.75) is 76.9 Å². The first kappa shape index (κ1) is 30.1. The lowest BCUT2D eigenvalue weighted by molar-refractivity contribution is -0.143. The average molecular weight is 571 g/mol. The van der Waals surface area contributed by atoms with Crippen LogP contribution in [0.15, 0.2) is 24.4 Å². The van der Waals surface area contributed by atoms with Gasteiger partial charge < -0.3 is 14.4 Å². The number of alkyl halides is 1. The van der Waals surface area contributed by atoms with E-state index in [1.54, 1.807) is 13.3 Å². The van der Waals surface area contributed by atoms with Gasteiger partial charge in [-0.2, -0.15) is 0 Å². The van der Waals surface area contributed by atoms with Crippen molar-refractivity contribution in [3.05, 3.63) is 35.5 Å². The van der Waals surface area contributed by atoms with E-state index in [9.17, 15) is 10.0 Å². The Balaban J connectivity index is 1.30. The molecule has 9 heteroatoms. The molecule has 2 N–H and O–H groups in total. The van der Waals surface area contributed by atoms with E-state index < -0.39 is 11.6 Å². The van der Waals surface area contributed by atoms with Crippen molar-refractivity contribution in [2.24, 2.45) is 11.3 Å². The van der Waals surface area contributed by atoms with Gasteiger partial charge in [0.1, 0.15) is 11.9 Å². The Bertz CT molecular complexity index is 1140. The second-order valence-corrected chi connectivity index (χ2v) is 12.3. The lowest BCUT2D eigenvalue weighted by atomic mass is 9.73. The zero-order valence-electron chi connectivity index (χ0n) is 24.6. The van der Waals surface area contributed by atoms with Crippen LogP contribution in [0.3, 0.4) is 0 Å². The van der Waals surface area contributed by atoms with Crippen LogP contribution in [0, 0.1) is 11.3 Å². The number of carbonyl (C=O) groups is 1. The number of morpholine rings is 1. The summed E-state index contributed by atoms with van der Waals surface area (Å²) in [5, 5.41) is 10.4. The topological polar surface area (TPSA) is 87.2 Å². The fourth-order valence-electron chi connectivity index (χ4n) is 7.16. The normalized spacial score (nSPS) is 21.5. The highest BCUT2D eigenvalue weighted by Gasteiger charge is 2.42. The minimum atomic E-state index is -1.28. The van der Waals surface area contributed by atoms with Crippen molar-refractivity contribution in [3.8, 4) is 5.75 Å². The third-order valence-corrected chi connectivity index (χ3v) is 9.86. The summed E-state index contributed by atoms with van der Waals surface area (Å²) in [6.45, 7) is 6.18. The van der Waals surface area contributed by atoms with Gasteiger partial charge in [0.2, 0.25) is 5.91 Å². The third-order valence-electron chi connectivity index (χ3n) is 9.86. The first-order valence-electron chi connectivity index (χ1n) is 15.6. The first-order valence-corrected chi connectivity index (χ1v) is 15.6. The van der Waals surface area contributed by atoms with Gasteiger partial charge in [-0.3, -0.25) is 19.9 Å². The van der Waals surface area contributed by atoms with Crippen molar-refractivity contribution >= 4 is 16.8 Å². The van der Waals surface area contributed by atoms with E-state index in [-0.39, 0.29) is 12.3 Å². The molecule has 0 radical (unpaired) electrons. The van der Waals surface area contributed by atoms with Gasteiger partial charge in [-0.05, 0) is 81.4 Å². The van der Waals surface area contributed by atoms with Gasteiger partial charge in [-0.1, -0.05) is 32.1 Å². The molecule has 1 atom stereocenters. The fraction of sp³-hybridized carbons (Fsp3) is 0.688. The minimum absolute atomic E-state index is 0.196. The molecule has 2 aromatic rings. The van der Waals surface area contributed by atoms with Gasteiger partial charge in [-0.15, -0.1) is 0 Å². The van der Waals surface area contributed by atoms with Crippen LogP contribution in [-0.4, -0.2) is 78.9 Å². The van der Waals surface area contributed by atoms with Crippen molar-refractivity contribution in [2.75, 3.05) is 53.0 Å². The minimum Gasteiger partial charge on any atom is -0.497 e. The van der Waals surface area contributed by atoms with E-state index in [1.807, 2.05) is 23.7 Å². The molecule has 5 rings (SSSR count). The number of methoxy groups -OCH3 is 1. The second kappa shape index (κ2) is 14.2. The molecule has 3 fully saturated rings. The number of hydrogen-bond donors (Lipinski definition) is 2.